The molecule has 1 unspecified atom stereocenters. The number of nitrogens with one attached hydrogen (secondary N) is 2. The lowest BCUT2D eigenvalue weighted by atomic mass is 10.1. The molecule has 0 aliphatic carbocycles. The molecule has 0 spiro atoms. The quantitative estimate of drug-likeness (QED) is 0.635. The summed E-state index contributed by atoms with van der Waals surface area (Å²) in [5, 5.41) is 6.69. The average molecular weight is 348 g/mol. The van der Waals surface area contributed by atoms with Gasteiger partial charge in [0, 0.05) is 12.7 Å². The summed E-state index contributed by atoms with van der Waals surface area (Å²) in [6, 6.07) is 20.3. The molecule has 134 valence electrons. The second-order valence-electron chi connectivity index (χ2n) is 6.03. The summed E-state index contributed by atoms with van der Waals surface area (Å²) >= 11 is 0. The van der Waals surface area contributed by atoms with Crippen LogP contribution in [-0.4, -0.2) is 23.6 Å². The molecule has 1 aromatic heterocycles. The van der Waals surface area contributed by atoms with Gasteiger partial charge < -0.3 is 15.4 Å². The van der Waals surface area contributed by atoms with Gasteiger partial charge in [-0.3, -0.25) is 0 Å². The third-order valence-electron chi connectivity index (χ3n) is 4.19. The van der Waals surface area contributed by atoms with Crippen LogP contribution in [0, 0.1) is 0 Å². The van der Waals surface area contributed by atoms with E-state index in [9.17, 15) is 0 Å². The summed E-state index contributed by atoms with van der Waals surface area (Å²) in [5.74, 6) is 2.33. The van der Waals surface area contributed by atoms with Gasteiger partial charge in [0.25, 0.3) is 0 Å². The van der Waals surface area contributed by atoms with Crippen molar-refractivity contribution < 1.29 is 4.74 Å². The predicted molar refractivity (Wildman–Crippen MR) is 106 cm³/mol. The van der Waals surface area contributed by atoms with E-state index in [2.05, 4.69) is 45.7 Å². The maximum absolute atomic E-state index is 5.39. The molecule has 0 saturated heterocycles. The summed E-state index contributed by atoms with van der Waals surface area (Å²) in [5.41, 5.74) is 2.37. The molecule has 3 aromatic rings. The Kier molecular flexibility index (Phi) is 6.04. The lowest BCUT2D eigenvalue weighted by Gasteiger charge is -2.15. The third-order valence-corrected chi connectivity index (χ3v) is 4.19. The van der Waals surface area contributed by atoms with E-state index in [1.165, 1.54) is 11.1 Å². The molecular weight excluding hydrogens is 324 g/mol. The van der Waals surface area contributed by atoms with E-state index in [1.807, 2.05) is 42.5 Å². The number of anilines is 2. The zero-order valence-corrected chi connectivity index (χ0v) is 15.1. The van der Waals surface area contributed by atoms with Crippen LogP contribution < -0.4 is 15.4 Å². The number of ether oxygens (including phenoxy) is 1. The first-order valence-corrected chi connectivity index (χ1v) is 8.76. The van der Waals surface area contributed by atoms with Crippen molar-refractivity contribution in [3.05, 3.63) is 78.0 Å². The molecule has 3 rings (SSSR count). The molecule has 0 saturated carbocycles. The Morgan fingerprint density at radius 2 is 1.77 bits per heavy atom. The van der Waals surface area contributed by atoms with Crippen LogP contribution in [0.4, 0.5) is 11.8 Å². The molecule has 5 nitrogen and oxygen atoms in total. The van der Waals surface area contributed by atoms with Crippen LogP contribution in [0.3, 0.4) is 0 Å². The summed E-state index contributed by atoms with van der Waals surface area (Å²) < 4.78 is 5.39. The highest BCUT2D eigenvalue weighted by Crippen LogP contribution is 2.19. The van der Waals surface area contributed by atoms with E-state index >= 15 is 0 Å². The highest BCUT2D eigenvalue weighted by atomic mass is 16.5. The number of para-hydroxylation sites is 1. The van der Waals surface area contributed by atoms with Gasteiger partial charge in [0.2, 0.25) is 5.95 Å². The Morgan fingerprint density at radius 1 is 1.00 bits per heavy atom. The monoisotopic (exact) mass is 348 g/mol. The van der Waals surface area contributed by atoms with Crippen LogP contribution in [0.2, 0.25) is 0 Å². The minimum absolute atomic E-state index is 0.139. The molecule has 0 aliphatic rings. The minimum atomic E-state index is 0.139. The van der Waals surface area contributed by atoms with Crippen molar-refractivity contribution in [3.8, 4) is 5.75 Å². The molecule has 1 atom stereocenters. The van der Waals surface area contributed by atoms with Gasteiger partial charge >= 0.3 is 0 Å². The summed E-state index contributed by atoms with van der Waals surface area (Å²) in [7, 11) is 1.70. The van der Waals surface area contributed by atoms with Gasteiger partial charge in [-0.1, -0.05) is 48.5 Å². The normalized spacial score (nSPS) is 11.6. The summed E-state index contributed by atoms with van der Waals surface area (Å²) in [6.07, 6.45) is 2.62. The van der Waals surface area contributed by atoms with Crippen LogP contribution in [-0.2, 0) is 6.42 Å². The van der Waals surface area contributed by atoms with Crippen LogP contribution in [0.5, 0.6) is 5.75 Å². The molecule has 0 aliphatic heterocycles. The lowest BCUT2D eigenvalue weighted by molar-refractivity contribution is 0.410. The van der Waals surface area contributed by atoms with E-state index in [0.717, 1.165) is 24.5 Å². The molecule has 2 aromatic carbocycles. The molecule has 0 bridgehead atoms. The summed E-state index contributed by atoms with van der Waals surface area (Å²) in [4.78, 5) is 8.86. The SMILES string of the molecule is COc1ccccc1CCNc1ccnc(NC(C)c2ccccc2)n1. The van der Waals surface area contributed by atoms with Gasteiger partial charge in [-0.15, -0.1) is 0 Å². The lowest BCUT2D eigenvalue weighted by Crippen LogP contribution is -2.11. The minimum Gasteiger partial charge on any atom is -0.496 e. The van der Waals surface area contributed by atoms with E-state index in [-0.39, 0.29) is 6.04 Å². The van der Waals surface area contributed by atoms with Gasteiger partial charge in [-0.2, -0.15) is 4.98 Å². The van der Waals surface area contributed by atoms with Gasteiger partial charge in [0.15, 0.2) is 0 Å². The van der Waals surface area contributed by atoms with Crippen molar-refractivity contribution in [1.29, 1.82) is 0 Å². The van der Waals surface area contributed by atoms with Crippen molar-refractivity contribution in [2.45, 2.75) is 19.4 Å². The number of benzene rings is 2. The predicted octanol–water partition coefficient (Wildman–Crippen LogP) is 4.31. The molecule has 0 radical (unpaired) electrons. The zero-order valence-electron chi connectivity index (χ0n) is 15.1. The summed E-state index contributed by atoms with van der Waals surface area (Å²) in [6.45, 7) is 2.87. The maximum atomic E-state index is 5.39. The molecule has 1 heterocycles. The number of hydrogen-bond acceptors (Lipinski definition) is 5. The number of methoxy groups -OCH3 is 1. The first-order chi connectivity index (χ1) is 12.8. The second-order valence-corrected chi connectivity index (χ2v) is 6.03. The highest BCUT2D eigenvalue weighted by Gasteiger charge is 2.07. The molecule has 0 amide bonds. The number of nitrogens with zero attached hydrogens (tertiary/aromatic N) is 2. The highest BCUT2D eigenvalue weighted by molar-refractivity contribution is 5.41. The van der Waals surface area contributed by atoms with Crippen molar-refractivity contribution in [2.24, 2.45) is 0 Å². The van der Waals surface area contributed by atoms with Crippen molar-refractivity contribution in [3.63, 3.8) is 0 Å². The fourth-order valence-electron chi connectivity index (χ4n) is 2.78. The Bertz CT molecular complexity index is 823. The Balaban J connectivity index is 1.57. The van der Waals surface area contributed by atoms with Gasteiger partial charge in [0.05, 0.1) is 13.2 Å². The Morgan fingerprint density at radius 3 is 2.58 bits per heavy atom. The fraction of sp³-hybridized carbons (Fsp3) is 0.238. The zero-order chi connectivity index (χ0) is 18.2. The van der Waals surface area contributed by atoms with E-state index in [0.29, 0.717) is 5.95 Å². The van der Waals surface area contributed by atoms with Crippen molar-refractivity contribution in [2.75, 3.05) is 24.3 Å². The molecule has 2 N–H and O–H groups in total. The Labute approximate surface area is 154 Å². The van der Waals surface area contributed by atoms with Crippen molar-refractivity contribution >= 4 is 11.8 Å². The fourth-order valence-corrected chi connectivity index (χ4v) is 2.78. The van der Waals surface area contributed by atoms with Crippen molar-refractivity contribution in [1.82, 2.24) is 9.97 Å². The standard InChI is InChI=1S/C21H24N4O/c1-16(17-8-4-3-5-9-17)24-21-23-15-13-20(25-21)22-14-12-18-10-6-7-11-19(18)26-2/h3-11,13,15-16H,12,14H2,1-2H3,(H2,22,23,24,25). The topological polar surface area (TPSA) is 59.1 Å². The molecule has 5 heteroatoms. The van der Waals surface area contributed by atoms with E-state index < -0.39 is 0 Å². The smallest absolute Gasteiger partial charge is 0.225 e. The van der Waals surface area contributed by atoms with Crippen LogP contribution >= 0.6 is 0 Å². The van der Waals surface area contributed by atoms with Gasteiger partial charge in [0.1, 0.15) is 11.6 Å². The third kappa shape index (κ3) is 4.72. The molecular formula is C21H24N4O. The number of aromatic nitrogens is 2. The van der Waals surface area contributed by atoms with E-state index in [1.54, 1.807) is 13.3 Å². The van der Waals surface area contributed by atoms with Crippen LogP contribution in [0.15, 0.2) is 66.9 Å². The number of rotatable bonds is 8. The molecule has 0 fully saturated rings. The largest absolute Gasteiger partial charge is 0.496 e. The van der Waals surface area contributed by atoms with Crippen LogP contribution in [0.25, 0.3) is 0 Å². The maximum Gasteiger partial charge on any atom is 0.225 e. The molecule has 26 heavy (non-hydrogen) atoms. The van der Waals surface area contributed by atoms with Gasteiger partial charge in [-0.25, -0.2) is 4.98 Å². The first kappa shape index (κ1) is 17.7. The van der Waals surface area contributed by atoms with Gasteiger partial charge in [-0.05, 0) is 36.6 Å². The average Bonchev–Trinajstić information content (AvgIpc) is 2.69. The number of hydrogen-bond donors (Lipinski definition) is 2. The first-order valence-electron chi connectivity index (χ1n) is 8.76. The second kappa shape index (κ2) is 8.85. The van der Waals surface area contributed by atoms with E-state index in [4.69, 9.17) is 4.74 Å². The Hall–Kier alpha value is -3.08. The van der Waals surface area contributed by atoms with Crippen LogP contribution in [0.1, 0.15) is 24.1 Å².